The molecule has 0 amide bonds. The van der Waals surface area contributed by atoms with E-state index >= 15 is 0 Å². The van der Waals surface area contributed by atoms with E-state index < -0.39 is 0 Å². The fourth-order valence-corrected chi connectivity index (χ4v) is 4.47. The minimum atomic E-state index is 0.146. The van der Waals surface area contributed by atoms with Gasteiger partial charge in [0.2, 0.25) is 0 Å². The molecule has 5 heteroatoms. The van der Waals surface area contributed by atoms with E-state index in [4.69, 9.17) is 14.2 Å². The summed E-state index contributed by atoms with van der Waals surface area (Å²) in [6, 6.07) is 19.7. The lowest BCUT2D eigenvalue weighted by molar-refractivity contribution is 0.00104. The van der Waals surface area contributed by atoms with Crippen LogP contribution in [0.5, 0.6) is 5.75 Å². The average molecular weight is 397 g/mol. The van der Waals surface area contributed by atoms with Gasteiger partial charge in [0.15, 0.2) is 0 Å². The molecule has 2 aliphatic heterocycles. The minimum Gasteiger partial charge on any atom is -0.497 e. The Hall–Kier alpha value is -1.92. The van der Waals surface area contributed by atoms with Crippen LogP contribution in [0.15, 0.2) is 54.6 Å². The molecule has 2 heterocycles. The summed E-state index contributed by atoms with van der Waals surface area (Å²) < 4.78 is 16.7. The molecule has 0 saturated carbocycles. The molecule has 0 aliphatic carbocycles. The van der Waals surface area contributed by atoms with Crippen LogP contribution in [0.4, 0.5) is 0 Å². The summed E-state index contributed by atoms with van der Waals surface area (Å²) in [5, 5.41) is 3.89. The van der Waals surface area contributed by atoms with Gasteiger partial charge in [-0.15, -0.1) is 0 Å². The van der Waals surface area contributed by atoms with Crippen molar-refractivity contribution in [1.82, 2.24) is 10.2 Å². The summed E-state index contributed by atoms with van der Waals surface area (Å²) in [6.07, 6.45) is 1.14. The Balaban J connectivity index is 1.53. The monoisotopic (exact) mass is 396 g/mol. The van der Waals surface area contributed by atoms with Crippen LogP contribution < -0.4 is 10.1 Å². The minimum absolute atomic E-state index is 0.146. The van der Waals surface area contributed by atoms with Gasteiger partial charge in [-0.1, -0.05) is 42.5 Å². The maximum Gasteiger partial charge on any atom is 0.118 e. The number of ether oxygens (including phenoxy) is 3. The second-order valence-corrected chi connectivity index (χ2v) is 7.86. The van der Waals surface area contributed by atoms with Gasteiger partial charge in [0.25, 0.3) is 0 Å². The average Bonchev–Trinajstić information content (AvgIpc) is 3.33. The van der Waals surface area contributed by atoms with Crippen molar-refractivity contribution >= 4 is 0 Å². The number of nitrogens with zero attached hydrogens (tertiary/aromatic N) is 1. The quantitative estimate of drug-likeness (QED) is 0.743. The SMILES string of the molecule is COc1ccc([C@H](NC[C@@H]([C@@H]2CCOC2)N2CCOCC2)c2ccccc2)cc1. The van der Waals surface area contributed by atoms with Gasteiger partial charge in [-0.2, -0.15) is 0 Å². The third-order valence-electron chi connectivity index (χ3n) is 6.14. The summed E-state index contributed by atoms with van der Waals surface area (Å²) in [5.41, 5.74) is 2.53. The smallest absolute Gasteiger partial charge is 0.118 e. The van der Waals surface area contributed by atoms with Gasteiger partial charge < -0.3 is 19.5 Å². The molecule has 1 N–H and O–H groups in total. The third-order valence-corrected chi connectivity index (χ3v) is 6.14. The molecule has 0 spiro atoms. The number of benzene rings is 2. The fourth-order valence-electron chi connectivity index (χ4n) is 4.47. The summed E-state index contributed by atoms with van der Waals surface area (Å²) in [4.78, 5) is 2.59. The number of methoxy groups -OCH3 is 1. The van der Waals surface area contributed by atoms with E-state index in [1.54, 1.807) is 7.11 Å². The molecule has 3 atom stereocenters. The van der Waals surface area contributed by atoms with Gasteiger partial charge in [0, 0.05) is 38.2 Å². The first-order valence-electron chi connectivity index (χ1n) is 10.7. The van der Waals surface area contributed by atoms with E-state index in [9.17, 15) is 0 Å². The van der Waals surface area contributed by atoms with Crippen LogP contribution in [0.3, 0.4) is 0 Å². The number of morpholine rings is 1. The van der Waals surface area contributed by atoms with Crippen molar-refractivity contribution in [2.75, 3.05) is 53.2 Å². The zero-order valence-electron chi connectivity index (χ0n) is 17.3. The van der Waals surface area contributed by atoms with Crippen LogP contribution >= 0.6 is 0 Å². The molecule has 0 radical (unpaired) electrons. The van der Waals surface area contributed by atoms with Crippen molar-refractivity contribution in [2.45, 2.75) is 18.5 Å². The van der Waals surface area contributed by atoms with Gasteiger partial charge in [-0.05, 0) is 29.7 Å². The highest BCUT2D eigenvalue weighted by Crippen LogP contribution is 2.26. The molecule has 2 saturated heterocycles. The molecule has 29 heavy (non-hydrogen) atoms. The maximum atomic E-state index is 5.73. The van der Waals surface area contributed by atoms with Gasteiger partial charge in [-0.3, -0.25) is 4.90 Å². The highest BCUT2D eigenvalue weighted by molar-refractivity contribution is 5.35. The van der Waals surface area contributed by atoms with Gasteiger partial charge in [0.05, 0.1) is 33.0 Å². The lowest BCUT2D eigenvalue weighted by atomic mass is 9.94. The van der Waals surface area contributed by atoms with Crippen molar-refractivity contribution in [1.29, 1.82) is 0 Å². The van der Waals surface area contributed by atoms with Crippen molar-refractivity contribution in [2.24, 2.45) is 5.92 Å². The first kappa shape index (κ1) is 20.4. The van der Waals surface area contributed by atoms with Crippen molar-refractivity contribution in [3.8, 4) is 5.75 Å². The van der Waals surface area contributed by atoms with E-state index in [0.29, 0.717) is 12.0 Å². The molecule has 2 aromatic carbocycles. The highest BCUT2D eigenvalue weighted by atomic mass is 16.5. The van der Waals surface area contributed by atoms with Gasteiger partial charge in [-0.25, -0.2) is 0 Å². The van der Waals surface area contributed by atoms with Crippen molar-refractivity contribution in [3.05, 3.63) is 65.7 Å². The molecule has 0 unspecified atom stereocenters. The van der Waals surface area contributed by atoms with Crippen LogP contribution in [0.1, 0.15) is 23.6 Å². The Labute approximate surface area is 174 Å². The topological polar surface area (TPSA) is 43.0 Å². The maximum absolute atomic E-state index is 5.73. The zero-order chi connectivity index (χ0) is 19.9. The molecule has 2 aliphatic rings. The zero-order valence-corrected chi connectivity index (χ0v) is 17.3. The number of rotatable bonds is 8. The standard InChI is InChI=1S/C24H32N2O3/c1-27-22-9-7-20(8-10-22)24(19-5-3-2-4-6-19)25-17-23(21-11-14-29-18-21)26-12-15-28-16-13-26/h2-10,21,23-25H,11-18H2,1H3/t21-,23+,24-/m1/s1. The first-order chi connectivity index (χ1) is 14.3. The molecular weight excluding hydrogens is 364 g/mol. The summed E-state index contributed by atoms with van der Waals surface area (Å²) in [7, 11) is 1.71. The largest absolute Gasteiger partial charge is 0.497 e. The number of nitrogens with one attached hydrogen (secondary N) is 1. The molecule has 0 bridgehead atoms. The Kier molecular flexibility index (Phi) is 7.17. The Bertz CT molecular complexity index is 726. The molecule has 5 nitrogen and oxygen atoms in total. The summed E-state index contributed by atoms with van der Waals surface area (Å²) in [6.45, 7) is 6.33. The molecule has 0 aromatic heterocycles. The molecular formula is C24H32N2O3. The predicted molar refractivity (Wildman–Crippen MR) is 114 cm³/mol. The normalized spacial score (nSPS) is 22.3. The molecule has 2 aromatic rings. The van der Waals surface area contributed by atoms with Crippen LogP contribution in [0.25, 0.3) is 0 Å². The van der Waals surface area contributed by atoms with Crippen LogP contribution in [0, 0.1) is 5.92 Å². The summed E-state index contributed by atoms with van der Waals surface area (Å²) in [5.74, 6) is 1.46. The van der Waals surface area contributed by atoms with E-state index in [0.717, 1.165) is 58.2 Å². The van der Waals surface area contributed by atoms with E-state index in [1.807, 2.05) is 12.1 Å². The molecule has 156 valence electrons. The van der Waals surface area contributed by atoms with Crippen LogP contribution in [-0.2, 0) is 9.47 Å². The Morgan fingerprint density at radius 3 is 2.34 bits per heavy atom. The second-order valence-electron chi connectivity index (χ2n) is 7.86. The highest BCUT2D eigenvalue weighted by Gasteiger charge is 2.32. The Morgan fingerprint density at radius 1 is 0.966 bits per heavy atom. The lowest BCUT2D eigenvalue weighted by Gasteiger charge is -2.38. The predicted octanol–water partition coefficient (Wildman–Crippen LogP) is 3.11. The Morgan fingerprint density at radius 2 is 1.69 bits per heavy atom. The molecule has 4 rings (SSSR count). The van der Waals surface area contributed by atoms with Crippen LogP contribution in [0.2, 0.25) is 0 Å². The van der Waals surface area contributed by atoms with Crippen molar-refractivity contribution in [3.63, 3.8) is 0 Å². The third kappa shape index (κ3) is 5.17. The number of hydrogen-bond acceptors (Lipinski definition) is 5. The van der Waals surface area contributed by atoms with Crippen LogP contribution in [-0.4, -0.2) is 64.1 Å². The fraction of sp³-hybridized carbons (Fsp3) is 0.500. The van der Waals surface area contributed by atoms with E-state index in [1.165, 1.54) is 11.1 Å². The van der Waals surface area contributed by atoms with E-state index in [-0.39, 0.29) is 6.04 Å². The van der Waals surface area contributed by atoms with E-state index in [2.05, 4.69) is 52.7 Å². The second kappa shape index (κ2) is 10.2. The van der Waals surface area contributed by atoms with Gasteiger partial charge >= 0.3 is 0 Å². The lowest BCUT2D eigenvalue weighted by Crippen LogP contribution is -2.52. The van der Waals surface area contributed by atoms with Crippen molar-refractivity contribution < 1.29 is 14.2 Å². The first-order valence-corrected chi connectivity index (χ1v) is 10.7. The number of hydrogen-bond donors (Lipinski definition) is 1. The molecule has 2 fully saturated rings. The van der Waals surface area contributed by atoms with Gasteiger partial charge in [0.1, 0.15) is 5.75 Å². The summed E-state index contributed by atoms with van der Waals surface area (Å²) >= 11 is 0.